The van der Waals surface area contributed by atoms with Gasteiger partial charge in [-0.15, -0.1) is 0 Å². The van der Waals surface area contributed by atoms with Crippen LogP contribution in [-0.4, -0.2) is 37.5 Å². The number of primary amides is 1. The predicted octanol–water partition coefficient (Wildman–Crippen LogP) is 3.68. The van der Waals surface area contributed by atoms with E-state index < -0.39 is 34.5 Å². The first-order valence-electron chi connectivity index (χ1n) is 10.6. The first kappa shape index (κ1) is 22.2. The van der Waals surface area contributed by atoms with Crippen LogP contribution in [0.15, 0.2) is 6.20 Å². The number of carbonyl (C=O) groups excluding carboxylic acids is 2. The lowest BCUT2D eigenvalue weighted by molar-refractivity contribution is -0.141. The standard InChI is InChI=1S/C21H25F3N6O2/c1-20(2)8-12-15(13(31)9-20)17(21(22,23)24)29-30(12)14-10-26-16(18(25)32)19(28-14)27-11-6-4-3-5-7-11/h10-11H,3-9H2,1-2H3,(H2,25,32)(H,27,28). The zero-order valence-corrected chi connectivity index (χ0v) is 17.9. The number of rotatable bonds is 4. The molecule has 3 N–H and O–H groups in total. The van der Waals surface area contributed by atoms with E-state index in [1.165, 1.54) is 0 Å². The third-order valence-corrected chi connectivity index (χ3v) is 5.97. The number of nitrogens with two attached hydrogens (primary N) is 1. The van der Waals surface area contributed by atoms with Gasteiger partial charge < -0.3 is 11.1 Å². The van der Waals surface area contributed by atoms with Gasteiger partial charge in [0.05, 0.1) is 17.5 Å². The molecule has 8 nitrogen and oxygen atoms in total. The van der Waals surface area contributed by atoms with E-state index in [1.54, 1.807) is 0 Å². The lowest BCUT2D eigenvalue weighted by Gasteiger charge is -2.29. The highest BCUT2D eigenvalue weighted by atomic mass is 19.4. The number of fused-ring (bicyclic) bond motifs is 1. The zero-order valence-electron chi connectivity index (χ0n) is 17.9. The fourth-order valence-corrected chi connectivity index (χ4v) is 4.54. The summed E-state index contributed by atoms with van der Waals surface area (Å²) in [7, 11) is 0. The molecule has 0 unspecified atom stereocenters. The monoisotopic (exact) mass is 450 g/mol. The summed E-state index contributed by atoms with van der Waals surface area (Å²) in [4.78, 5) is 32.9. The quantitative estimate of drug-likeness (QED) is 0.734. The Morgan fingerprint density at radius 1 is 1.22 bits per heavy atom. The largest absolute Gasteiger partial charge is 0.435 e. The third-order valence-electron chi connectivity index (χ3n) is 5.97. The molecule has 0 atom stereocenters. The number of halogens is 3. The van der Waals surface area contributed by atoms with Gasteiger partial charge in [0.1, 0.15) is 0 Å². The maximum Gasteiger partial charge on any atom is 0.435 e. The van der Waals surface area contributed by atoms with Gasteiger partial charge in [-0.2, -0.15) is 18.3 Å². The van der Waals surface area contributed by atoms with Gasteiger partial charge in [-0.3, -0.25) is 9.59 Å². The molecule has 2 heterocycles. The number of carbonyl (C=O) groups is 2. The second-order valence-corrected chi connectivity index (χ2v) is 9.29. The Bertz CT molecular complexity index is 1070. The van der Waals surface area contributed by atoms with E-state index in [2.05, 4.69) is 20.4 Å². The number of nitrogens with zero attached hydrogens (tertiary/aromatic N) is 4. The summed E-state index contributed by atoms with van der Waals surface area (Å²) in [5.74, 6) is -1.29. The molecule has 1 saturated carbocycles. The van der Waals surface area contributed by atoms with Crippen LogP contribution in [-0.2, 0) is 12.6 Å². The van der Waals surface area contributed by atoms with Gasteiger partial charge in [-0.25, -0.2) is 14.6 Å². The summed E-state index contributed by atoms with van der Waals surface area (Å²) in [6, 6.07) is 0.0594. The minimum Gasteiger partial charge on any atom is -0.365 e. The lowest BCUT2D eigenvalue weighted by atomic mass is 9.75. The van der Waals surface area contributed by atoms with E-state index in [-0.39, 0.29) is 41.9 Å². The van der Waals surface area contributed by atoms with Gasteiger partial charge in [0, 0.05) is 12.5 Å². The average Bonchev–Trinajstić information content (AvgIpc) is 3.07. The molecule has 0 bridgehead atoms. The number of amides is 1. The zero-order chi connectivity index (χ0) is 23.3. The minimum absolute atomic E-state index is 0.00441. The Morgan fingerprint density at radius 3 is 2.53 bits per heavy atom. The lowest BCUT2D eigenvalue weighted by Crippen LogP contribution is -2.29. The molecule has 0 aliphatic heterocycles. The predicted molar refractivity (Wildman–Crippen MR) is 110 cm³/mol. The number of nitrogens with one attached hydrogen (secondary N) is 1. The Hall–Kier alpha value is -2.98. The number of Topliss-reactive ketones (excluding diaryl/α,β-unsaturated/α-hetero) is 1. The van der Waals surface area contributed by atoms with Crippen molar-refractivity contribution in [1.29, 1.82) is 0 Å². The molecule has 32 heavy (non-hydrogen) atoms. The van der Waals surface area contributed by atoms with Gasteiger partial charge in [0.2, 0.25) is 0 Å². The molecule has 0 radical (unpaired) electrons. The van der Waals surface area contributed by atoms with Crippen molar-refractivity contribution in [2.75, 3.05) is 5.32 Å². The number of ketones is 1. The highest BCUT2D eigenvalue weighted by Crippen LogP contribution is 2.41. The number of aromatic nitrogens is 4. The van der Waals surface area contributed by atoms with Gasteiger partial charge >= 0.3 is 6.18 Å². The van der Waals surface area contributed by atoms with Crippen molar-refractivity contribution in [2.24, 2.45) is 11.1 Å². The molecule has 11 heteroatoms. The first-order valence-corrected chi connectivity index (χ1v) is 10.6. The Morgan fingerprint density at radius 2 is 1.91 bits per heavy atom. The molecule has 0 spiro atoms. The summed E-state index contributed by atoms with van der Waals surface area (Å²) >= 11 is 0. The number of alkyl halides is 3. The summed E-state index contributed by atoms with van der Waals surface area (Å²) in [6.07, 6.45) is 1.49. The molecule has 2 aromatic heterocycles. The molecule has 0 aromatic carbocycles. The van der Waals surface area contributed by atoms with Crippen LogP contribution in [0.25, 0.3) is 5.82 Å². The molecule has 1 amide bonds. The SMILES string of the molecule is CC1(C)CC(=O)c2c(C(F)(F)F)nn(-c3cnc(C(N)=O)c(NC4CCCCC4)n3)c2C1. The Balaban J connectivity index is 1.83. The van der Waals surface area contributed by atoms with Crippen LogP contribution >= 0.6 is 0 Å². The highest BCUT2D eigenvalue weighted by Gasteiger charge is 2.45. The summed E-state index contributed by atoms with van der Waals surface area (Å²) < 4.78 is 42.1. The molecule has 172 valence electrons. The Kier molecular flexibility index (Phi) is 5.46. The number of anilines is 1. The second-order valence-electron chi connectivity index (χ2n) is 9.29. The van der Waals surface area contributed by atoms with Gasteiger partial charge in [-0.05, 0) is 24.7 Å². The molecule has 2 aliphatic carbocycles. The molecule has 0 saturated heterocycles. The molecule has 1 fully saturated rings. The molecule has 2 aromatic rings. The van der Waals surface area contributed by atoms with E-state index in [9.17, 15) is 22.8 Å². The van der Waals surface area contributed by atoms with Crippen molar-refractivity contribution in [1.82, 2.24) is 19.7 Å². The van der Waals surface area contributed by atoms with Crippen LogP contribution in [0.1, 0.15) is 84.6 Å². The summed E-state index contributed by atoms with van der Waals surface area (Å²) in [5.41, 5.74) is 3.31. The van der Waals surface area contributed by atoms with Crippen molar-refractivity contribution in [2.45, 2.75) is 71.0 Å². The van der Waals surface area contributed by atoms with E-state index >= 15 is 0 Å². The molecule has 2 aliphatic rings. The van der Waals surface area contributed by atoms with Crippen molar-refractivity contribution < 1.29 is 22.8 Å². The smallest absolute Gasteiger partial charge is 0.365 e. The van der Waals surface area contributed by atoms with Crippen molar-refractivity contribution in [3.8, 4) is 5.82 Å². The van der Waals surface area contributed by atoms with Crippen LogP contribution in [0.5, 0.6) is 0 Å². The third kappa shape index (κ3) is 4.20. The van der Waals surface area contributed by atoms with Crippen molar-refractivity contribution in [3.05, 3.63) is 28.8 Å². The topological polar surface area (TPSA) is 116 Å². The van der Waals surface area contributed by atoms with Gasteiger partial charge in [-0.1, -0.05) is 33.1 Å². The van der Waals surface area contributed by atoms with Crippen LogP contribution in [0.4, 0.5) is 19.0 Å². The maximum absolute atomic E-state index is 13.7. The van der Waals surface area contributed by atoms with E-state index in [0.29, 0.717) is 0 Å². The van der Waals surface area contributed by atoms with Crippen LogP contribution in [0.2, 0.25) is 0 Å². The maximum atomic E-state index is 13.7. The van der Waals surface area contributed by atoms with Gasteiger partial charge in [0.25, 0.3) is 5.91 Å². The Labute approximate surface area is 182 Å². The van der Waals surface area contributed by atoms with Gasteiger partial charge in [0.15, 0.2) is 28.8 Å². The summed E-state index contributed by atoms with van der Waals surface area (Å²) in [6.45, 7) is 3.63. The van der Waals surface area contributed by atoms with Crippen molar-refractivity contribution >= 4 is 17.5 Å². The number of hydrogen-bond acceptors (Lipinski definition) is 6. The fraction of sp³-hybridized carbons (Fsp3) is 0.571. The van der Waals surface area contributed by atoms with Crippen LogP contribution in [0.3, 0.4) is 0 Å². The van der Waals surface area contributed by atoms with Crippen molar-refractivity contribution in [3.63, 3.8) is 0 Å². The minimum atomic E-state index is -4.80. The fourth-order valence-electron chi connectivity index (χ4n) is 4.54. The van der Waals surface area contributed by atoms with E-state index in [4.69, 9.17) is 5.73 Å². The average molecular weight is 450 g/mol. The molecular formula is C21H25F3N6O2. The number of hydrogen-bond donors (Lipinski definition) is 2. The molecule has 4 rings (SSSR count). The normalized spacial score (nSPS) is 19.0. The summed E-state index contributed by atoms with van der Waals surface area (Å²) in [5, 5.41) is 6.91. The molecular weight excluding hydrogens is 425 g/mol. The first-order chi connectivity index (χ1) is 15.0. The van der Waals surface area contributed by atoms with Crippen LogP contribution in [0, 0.1) is 5.41 Å². The van der Waals surface area contributed by atoms with E-state index in [0.717, 1.165) is 43.0 Å². The van der Waals surface area contributed by atoms with Crippen LogP contribution < -0.4 is 11.1 Å². The second kappa shape index (κ2) is 7.86. The van der Waals surface area contributed by atoms with E-state index in [1.807, 2.05) is 13.8 Å². The highest BCUT2D eigenvalue weighted by molar-refractivity contribution is 6.00.